The number of thioether (sulfide) groups is 1. The van der Waals surface area contributed by atoms with Gasteiger partial charge in [-0.05, 0) is 72.7 Å². The molecule has 10 heteroatoms. The number of halogens is 1. The number of aromatic nitrogens is 5. The topological polar surface area (TPSA) is 93.8 Å². The van der Waals surface area contributed by atoms with Crippen molar-refractivity contribution >= 4 is 45.0 Å². The number of carboxylic acids is 1. The largest absolute Gasteiger partial charge is 0.480 e. The average Bonchev–Trinajstić information content (AvgIpc) is 3.22. The highest BCUT2D eigenvalue weighted by atomic mass is 79.9. The van der Waals surface area contributed by atoms with Gasteiger partial charge >= 0.3 is 5.97 Å². The van der Waals surface area contributed by atoms with E-state index in [2.05, 4.69) is 36.1 Å². The van der Waals surface area contributed by atoms with Crippen molar-refractivity contribution in [2.45, 2.75) is 49.4 Å². The van der Waals surface area contributed by atoms with Crippen LogP contribution in [0.1, 0.15) is 37.8 Å². The van der Waals surface area contributed by atoms with E-state index >= 15 is 0 Å². The standard InChI is InChI=1S/C18H18BrN5O2S2/c1-18(2,15(25)26)28-17-23-22-16(19)24(17)14-11-6-4-3-5-10(11)13(27-14)12-7-8-20-9-21-12/h7-9H,3-6H2,1-2H3,(H,25,26). The second-order valence-electron chi connectivity index (χ2n) is 7.00. The van der Waals surface area contributed by atoms with E-state index in [0.717, 1.165) is 41.3 Å². The lowest BCUT2D eigenvalue weighted by molar-refractivity contribution is -0.138. The molecular weight excluding hydrogens is 462 g/mol. The van der Waals surface area contributed by atoms with E-state index in [4.69, 9.17) is 0 Å². The van der Waals surface area contributed by atoms with E-state index in [1.54, 1.807) is 37.7 Å². The van der Waals surface area contributed by atoms with Crippen LogP contribution in [0.15, 0.2) is 28.5 Å². The molecule has 3 heterocycles. The maximum Gasteiger partial charge on any atom is 0.319 e. The number of carboxylic acid groups (broad SMARTS) is 1. The molecule has 0 fully saturated rings. The van der Waals surface area contributed by atoms with E-state index < -0.39 is 10.7 Å². The summed E-state index contributed by atoms with van der Waals surface area (Å²) in [5, 5.41) is 19.5. The van der Waals surface area contributed by atoms with Gasteiger partial charge in [-0.15, -0.1) is 21.5 Å². The van der Waals surface area contributed by atoms with Gasteiger partial charge in [0.2, 0.25) is 4.73 Å². The highest BCUT2D eigenvalue weighted by Gasteiger charge is 2.33. The van der Waals surface area contributed by atoms with Crippen molar-refractivity contribution in [1.29, 1.82) is 0 Å². The van der Waals surface area contributed by atoms with Gasteiger partial charge in [-0.1, -0.05) is 11.8 Å². The molecule has 0 aromatic carbocycles. The fourth-order valence-electron chi connectivity index (χ4n) is 3.19. The molecule has 28 heavy (non-hydrogen) atoms. The van der Waals surface area contributed by atoms with Crippen LogP contribution in [0.3, 0.4) is 0 Å². The molecule has 3 aromatic heterocycles. The molecule has 0 saturated carbocycles. The Labute approximate surface area is 178 Å². The molecule has 1 aliphatic carbocycles. The number of hydrogen-bond donors (Lipinski definition) is 1. The third-order valence-corrected chi connectivity index (χ3v) is 7.60. The van der Waals surface area contributed by atoms with E-state index in [0.29, 0.717) is 9.89 Å². The third kappa shape index (κ3) is 3.48. The molecule has 0 unspecified atom stereocenters. The summed E-state index contributed by atoms with van der Waals surface area (Å²) >= 11 is 6.35. The van der Waals surface area contributed by atoms with Gasteiger partial charge in [-0.2, -0.15) is 0 Å². The van der Waals surface area contributed by atoms with Crippen LogP contribution in [-0.2, 0) is 17.6 Å². The molecule has 7 nitrogen and oxygen atoms in total. The molecule has 3 aromatic rings. The second kappa shape index (κ2) is 7.57. The summed E-state index contributed by atoms with van der Waals surface area (Å²) in [6, 6.07) is 1.93. The van der Waals surface area contributed by atoms with E-state index in [1.807, 2.05) is 10.6 Å². The number of fused-ring (bicyclic) bond motifs is 1. The molecule has 1 N–H and O–H groups in total. The smallest absolute Gasteiger partial charge is 0.319 e. The van der Waals surface area contributed by atoms with Gasteiger partial charge in [0, 0.05) is 6.20 Å². The van der Waals surface area contributed by atoms with Crippen molar-refractivity contribution < 1.29 is 9.90 Å². The Morgan fingerprint density at radius 2 is 2.04 bits per heavy atom. The van der Waals surface area contributed by atoms with Crippen molar-refractivity contribution in [2.75, 3.05) is 0 Å². The van der Waals surface area contributed by atoms with Crippen molar-refractivity contribution in [2.24, 2.45) is 0 Å². The van der Waals surface area contributed by atoms with Gasteiger partial charge in [-0.25, -0.2) is 9.97 Å². The highest BCUT2D eigenvalue weighted by Crippen LogP contribution is 2.44. The van der Waals surface area contributed by atoms with Crippen LogP contribution in [-0.4, -0.2) is 40.6 Å². The summed E-state index contributed by atoms with van der Waals surface area (Å²) in [4.78, 5) is 21.2. The monoisotopic (exact) mass is 479 g/mol. The number of rotatable bonds is 5. The van der Waals surface area contributed by atoms with Crippen LogP contribution in [0.2, 0.25) is 0 Å². The predicted molar refractivity (Wildman–Crippen MR) is 112 cm³/mol. The van der Waals surface area contributed by atoms with Crippen LogP contribution in [0.25, 0.3) is 15.6 Å². The molecule has 0 spiro atoms. The molecule has 0 radical (unpaired) electrons. The minimum atomic E-state index is -1.02. The molecule has 4 rings (SSSR count). The lowest BCUT2D eigenvalue weighted by Gasteiger charge is -2.19. The van der Waals surface area contributed by atoms with Gasteiger partial charge in [0.05, 0.1) is 10.6 Å². The minimum absolute atomic E-state index is 0.558. The van der Waals surface area contributed by atoms with Gasteiger partial charge in [0.1, 0.15) is 16.1 Å². The zero-order valence-corrected chi connectivity index (χ0v) is 18.6. The number of thiophene rings is 1. The lowest BCUT2D eigenvalue weighted by Crippen LogP contribution is -2.27. The Bertz CT molecular complexity index is 1030. The predicted octanol–water partition coefficient (Wildman–Crippen LogP) is 4.38. The molecule has 0 amide bonds. The zero-order valence-electron chi connectivity index (χ0n) is 15.3. The summed E-state index contributed by atoms with van der Waals surface area (Å²) < 4.78 is 1.48. The average molecular weight is 480 g/mol. The van der Waals surface area contributed by atoms with Gasteiger partial charge in [-0.3, -0.25) is 9.36 Å². The fraction of sp³-hybridized carbons (Fsp3) is 0.389. The van der Waals surface area contributed by atoms with Gasteiger partial charge in [0.25, 0.3) is 0 Å². The van der Waals surface area contributed by atoms with Crippen LogP contribution < -0.4 is 0 Å². The Hall–Kier alpha value is -1.78. The fourth-order valence-corrected chi connectivity index (χ4v) is 6.18. The van der Waals surface area contributed by atoms with E-state index in [9.17, 15) is 9.90 Å². The van der Waals surface area contributed by atoms with Crippen molar-refractivity contribution in [1.82, 2.24) is 24.7 Å². The molecule has 0 aliphatic heterocycles. The molecule has 0 saturated heterocycles. The first-order chi connectivity index (χ1) is 13.4. The summed E-state index contributed by atoms with van der Waals surface area (Å²) in [7, 11) is 0. The molecule has 1 aliphatic rings. The first kappa shape index (κ1) is 19.5. The first-order valence-electron chi connectivity index (χ1n) is 8.83. The summed E-state index contributed by atoms with van der Waals surface area (Å²) in [6.45, 7) is 3.34. The third-order valence-electron chi connectivity index (χ3n) is 4.67. The first-order valence-corrected chi connectivity index (χ1v) is 11.3. The maximum absolute atomic E-state index is 11.6. The van der Waals surface area contributed by atoms with Crippen LogP contribution in [0.5, 0.6) is 0 Å². The minimum Gasteiger partial charge on any atom is -0.480 e. The van der Waals surface area contributed by atoms with Crippen LogP contribution in [0.4, 0.5) is 0 Å². The summed E-state index contributed by atoms with van der Waals surface area (Å²) in [5.74, 6) is -0.891. The normalized spacial score (nSPS) is 14.1. The van der Waals surface area contributed by atoms with E-state index in [1.165, 1.54) is 22.9 Å². The van der Waals surface area contributed by atoms with Gasteiger partial charge < -0.3 is 5.11 Å². The number of aliphatic carboxylic acids is 1. The van der Waals surface area contributed by atoms with Crippen molar-refractivity contribution in [3.63, 3.8) is 0 Å². The molecule has 0 atom stereocenters. The second-order valence-corrected chi connectivity index (χ2v) is 10.3. The van der Waals surface area contributed by atoms with Gasteiger partial charge in [0.15, 0.2) is 5.16 Å². The summed E-state index contributed by atoms with van der Waals surface area (Å²) in [6.07, 6.45) is 7.58. The van der Waals surface area contributed by atoms with E-state index in [-0.39, 0.29) is 0 Å². The van der Waals surface area contributed by atoms with Crippen LogP contribution >= 0.6 is 39.0 Å². The Morgan fingerprint density at radius 3 is 2.71 bits per heavy atom. The Morgan fingerprint density at radius 1 is 1.29 bits per heavy atom. The van der Waals surface area contributed by atoms with Crippen molar-refractivity contribution in [3.05, 3.63) is 34.5 Å². The number of nitrogens with zero attached hydrogens (tertiary/aromatic N) is 5. The molecule has 146 valence electrons. The molecular formula is C18H18BrN5O2S2. The highest BCUT2D eigenvalue weighted by molar-refractivity contribution is 9.10. The Kier molecular flexibility index (Phi) is 5.28. The SMILES string of the molecule is CC(C)(Sc1nnc(Br)n1-c1sc(-c2ccncn2)c2c1CCCC2)C(=O)O. The Balaban J connectivity index is 1.86. The zero-order chi connectivity index (χ0) is 19.9. The quantitative estimate of drug-likeness (QED) is 0.542. The number of hydrogen-bond acceptors (Lipinski definition) is 7. The van der Waals surface area contributed by atoms with Crippen LogP contribution in [0, 0.1) is 0 Å². The number of carbonyl (C=O) groups is 1. The lowest BCUT2D eigenvalue weighted by atomic mass is 9.92. The molecule has 0 bridgehead atoms. The maximum atomic E-state index is 11.6. The summed E-state index contributed by atoms with van der Waals surface area (Å²) in [5.41, 5.74) is 3.51. The van der Waals surface area contributed by atoms with Crippen molar-refractivity contribution in [3.8, 4) is 15.6 Å².